The van der Waals surface area contributed by atoms with Gasteiger partial charge in [0.2, 0.25) is 5.95 Å². The molecule has 3 aliphatic rings. The average molecular weight is 572 g/mol. The number of piperidine rings is 1. The fourth-order valence-electron chi connectivity index (χ4n) is 6.14. The van der Waals surface area contributed by atoms with Crippen LogP contribution in [0.25, 0.3) is 0 Å². The van der Waals surface area contributed by atoms with Gasteiger partial charge in [0.05, 0.1) is 11.9 Å². The number of aromatic nitrogens is 2. The molecule has 6 nitrogen and oxygen atoms in total. The van der Waals surface area contributed by atoms with Gasteiger partial charge < -0.3 is 15.2 Å². The monoisotopic (exact) mass is 571 g/mol. The Morgan fingerprint density at radius 3 is 2.46 bits per heavy atom. The fourth-order valence-corrected chi connectivity index (χ4v) is 7.50. The Bertz CT molecular complexity index is 1460. The number of nitrogens with zero attached hydrogens (tertiary/aromatic N) is 3. The van der Waals surface area contributed by atoms with Gasteiger partial charge in [-0.2, -0.15) is 4.98 Å². The Labute approximate surface area is 232 Å². The van der Waals surface area contributed by atoms with Gasteiger partial charge in [-0.05, 0) is 81.3 Å². The van der Waals surface area contributed by atoms with Crippen LogP contribution in [-0.2, 0) is 17.4 Å². The van der Waals surface area contributed by atoms with Gasteiger partial charge in [-0.15, -0.1) is 0 Å². The van der Waals surface area contributed by atoms with E-state index in [1.807, 2.05) is 31.2 Å². The molecule has 3 aromatic rings. The number of benzene rings is 2. The molecule has 0 spiro atoms. The van der Waals surface area contributed by atoms with E-state index < -0.39 is 24.9 Å². The maximum atomic E-state index is 13.7. The van der Waals surface area contributed by atoms with Crippen LogP contribution in [0.5, 0.6) is 0 Å². The van der Waals surface area contributed by atoms with E-state index in [2.05, 4.69) is 37.6 Å². The Kier molecular flexibility index (Phi) is 6.72. The van der Waals surface area contributed by atoms with Crippen molar-refractivity contribution in [3.05, 3.63) is 64.3 Å². The molecule has 1 aliphatic heterocycles. The fraction of sp³-hybridized carbons (Fsp3) is 0.448. The number of nitrogens with one attached hydrogen (secondary N) is 2. The summed E-state index contributed by atoms with van der Waals surface area (Å²) in [6, 6.07) is 12.4. The van der Waals surface area contributed by atoms with Crippen LogP contribution in [0.2, 0.25) is 5.02 Å². The lowest BCUT2D eigenvalue weighted by molar-refractivity contribution is 0.0418. The lowest BCUT2D eigenvalue weighted by atomic mass is 10.0. The first-order valence-corrected chi connectivity index (χ1v) is 16.4. The lowest BCUT2D eigenvalue weighted by Gasteiger charge is -2.28. The average Bonchev–Trinajstić information content (AvgIpc) is 3.18. The summed E-state index contributed by atoms with van der Waals surface area (Å²) in [4.78, 5) is 11.3. The van der Waals surface area contributed by atoms with Crippen LogP contribution in [0.15, 0.2) is 42.6 Å². The van der Waals surface area contributed by atoms with Crippen molar-refractivity contribution in [2.75, 3.05) is 37.1 Å². The predicted molar refractivity (Wildman–Crippen MR) is 154 cm³/mol. The summed E-state index contributed by atoms with van der Waals surface area (Å²) < 4.78 is 40.2. The summed E-state index contributed by atoms with van der Waals surface area (Å²) in [7, 11) is -2.54. The first kappa shape index (κ1) is 26.7. The molecule has 2 N–H and O–H groups in total. The van der Waals surface area contributed by atoms with Crippen molar-refractivity contribution in [2.45, 2.75) is 44.6 Å². The lowest BCUT2D eigenvalue weighted by Crippen LogP contribution is -2.37. The number of hydrogen-bond donors (Lipinski definition) is 2. The van der Waals surface area contributed by atoms with Crippen LogP contribution in [0.4, 0.5) is 31.9 Å². The first-order valence-electron chi connectivity index (χ1n) is 13.5. The summed E-state index contributed by atoms with van der Waals surface area (Å²) in [6.07, 6.45) is 5.39. The number of alkyl halides is 2. The van der Waals surface area contributed by atoms with Gasteiger partial charge in [-0.25, -0.2) is 13.8 Å². The Balaban J connectivity index is 1.15. The van der Waals surface area contributed by atoms with E-state index in [0.29, 0.717) is 41.6 Å². The Hall–Kier alpha value is -2.54. The van der Waals surface area contributed by atoms with Crippen molar-refractivity contribution in [2.24, 2.45) is 11.8 Å². The van der Waals surface area contributed by atoms with Crippen molar-refractivity contribution < 1.29 is 13.3 Å². The van der Waals surface area contributed by atoms with E-state index >= 15 is 0 Å². The van der Waals surface area contributed by atoms with Crippen molar-refractivity contribution in [1.82, 2.24) is 14.9 Å². The van der Waals surface area contributed by atoms with Gasteiger partial charge in [0.1, 0.15) is 12.2 Å². The summed E-state index contributed by atoms with van der Waals surface area (Å²) >= 11 is 6.42. The maximum absolute atomic E-state index is 13.7. The molecule has 2 unspecified atom stereocenters. The van der Waals surface area contributed by atoms with Crippen molar-refractivity contribution in [3.8, 4) is 0 Å². The molecule has 39 heavy (non-hydrogen) atoms. The summed E-state index contributed by atoms with van der Waals surface area (Å²) in [5.41, 5.74) is 5.20. The van der Waals surface area contributed by atoms with Crippen molar-refractivity contribution >= 4 is 47.2 Å². The van der Waals surface area contributed by atoms with E-state index in [-0.39, 0.29) is 0 Å². The van der Waals surface area contributed by atoms with Gasteiger partial charge in [0, 0.05) is 42.0 Å². The molecule has 0 amide bonds. The summed E-state index contributed by atoms with van der Waals surface area (Å²) in [6.45, 7) is 6.53. The molecule has 0 bridgehead atoms. The summed E-state index contributed by atoms with van der Waals surface area (Å²) in [5.74, 6) is -2.46. The molecule has 6 rings (SSSR count). The number of halogens is 3. The van der Waals surface area contributed by atoms with E-state index in [1.54, 1.807) is 19.5 Å². The van der Waals surface area contributed by atoms with E-state index in [0.717, 1.165) is 42.2 Å². The minimum Gasteiger partial charge on any atom is -0.338 e. The van der Waals surface area contributed by atoms with Gasteiger partial charge >= 0.3 is 0 Å². The second-order valence-electron chi connectivity index (χ2n) is 11.6. The summed E-state index contributed by atoms with van der Waals surface area (Å²) in [5, 5.41) is 7.66. The zero-order valence-electron chi connectivity index (χ0n) is 22.3. The molecule has 1 saturated carbocycles. The second kappa shape index (κ2) is 9.83. The molecule has 10 heteroatoms. The third-order valence-electron chi connectivity index (χ3n) is 8.43. The predicted octanol–water partition coefficient (Wildman–Crippen LogP) is 6.62. The highest BCUT2D eigenvalue weighted by Crippen LogP contribution is 2.59. The van der Waals surface area contributed by atoms with Crippen molar-refractivity contribution in [1.29, 1.82) is 0 Å². The smallest absolute Gasteiger partial charge is 0.257 e. The zero-order chi connectivity index (χ0) is 27.5. The SMILES string of the molecule is Cc1ccc(Nc2nc(Nc3ccc4c(c3)CC[C@@H](N3CC5C(C3)C5(F)F)CC4)ncc2Cl)c(P(C)(C)=O)c1. The van der Waals surface area contributed by atoms with Crippen LogP contribution in [-0.4, -0.2) is 53.3 Å². The van der Waals surface area contributed by atoms with E-state index in [9.17, 15) is 13.3 Å². The highest BCUT2D eigenvalue weighted by Gasteiger charge is 2.71. The van der Waals surface area contributed by atoms with Crippen LogP contribution < -0.4 is 15.9 Å². The van der Waals surface area contributed by atoms with Gasteiger partial charge in [-0.1, -0.05) is 29.3 Å². The highest BCUT2D eigenvalue weighted by molar-refractivity contribution is 7.70. The molecule has 2 heterocycles. The molecule has 2 aromatic carbocycles. The Morgan fingerprint density at radius 1 is 1.03 bits per heavy atom. The standard InChI is InChI=1S/C29H33ClF2N5OP/c1-17-4-11-25(26(12-17)39(2,3)38)35-27-24(30)14-33-28(36-27)34-20-8-5-18-6-9-21(10-7-19(18)13-20)37-15-22-23(16-37)29(22,31)32/h4-5,8,11-14,21-23H,6-7,9-10,15-16H2,1-3H3,(H2,33,34,35,36)/t21-,22?,23?/m0/s1. The number of anilines is 4. The number of rotatable bonds is 6. The molecule has 0 radical (unpaired) electrons. The second-order valence-corrected chi connectivity index (χ2v) is 15.2. The third kappa shape index (κ3) is 5.31. The van der Waals surface area contributed by atoms with E-state index in [1.165, 1.54) is 11.1 Å². The molecule has 3 atom stereocenters. The number of hydrogen-bond acceptors (Lipinski definition) is 6. The van der Waals surface area contributed by atoms with Gasteiger partial charge in [-0.3, -0.25) is 4.90 Å². The normalized spacial score (nSPS) is 24.0. The molecule has 2 aliphatic carbocycles. The maximum Gasteiger partial charge on any atom is 0.257 e. The number of fused-ring (bicyclic) bond motifs is 2. The Morgan fingerprint density at radius 2 is 1.74 bits per heavy atom. The topological polar surface area (TPSA) is 70.2 Å². The quantitative estimate of drug-likeness (QED) is 0.256. The molecule has 2 fully saturated rings. The van der Waals surface area contributed by atoms with Crippen molar-refractivity contribution in [3.63, 3.8) is 0 Å². The van der Waals surface area contributed by atoms with Crippen LogP contribution >= 0.6 is 18.7 Å². The van der Waals surface area contributed by atoms with E-state index in [4.69, 9.17) is 11.6 Å². The molecule has 206 valence electrons. The van der Waals surface area contributed by atoms with Crippen LogP contribution in [0, 0.1) is 18.8 Å². The molecular formula is C29H33ClF2N5OP. The number of aryl methyl sites for hydroxylation is 3. The van der Waals surface area contributed by atoms with Crippen LogP contribution in [0.1, 0.15) is 29.5 Å². The zero-order valence-corrected chi connectivity index (χ0v) is 24.0. The first-order chi connectivity index (χ1) is 18.5. The minimum absolute atomic E-state index is 0.360. The molecule has 1 aromatic heterocycles. The highest BCUT2D eigenvalue weighted by atomic mass is 35.5. The van der Waals surface area contributed by atoms with Gasteiger partial charge in [0.25, 0.3) is 5.92 Å². The largest absolute Gasteiger partial charge is 0.338 e. The molecular weight excluding hydrogens is 539 g/mol. The van der Waals surface area contributed by atoms with Gasteiger partial charge in [0.15, 0.2) is 5.82 Å². The third-order valence-corrected chi connectivity index (χ3v) is 10.2. The minimum atomic E-state index is -2.54. The van der Waals surface area contributed by atoms with Crippen LogP contribution in [0.3, 0.4) is 0 Å². The molecule has 1 saturated heterocycles. The number of likely N-dealkylation sites (tertiary alicyclic amines) is 1.